The van der Waals surface area contributed by atoms with Crippen LogP contribution in [0.5, 0.6) is 0 Å². The summed E-state index contributed by atoms with van der Waals surface area (Å²) in [6.45, 7) is 2.00. The molecule has 1 unspecified atom stereocenters. The quantitative estimate of drug-likeness (QED) is 0.348. The molecule has 0 bridgehead atoms. The molecule has 0 spiro atoms. The first-order valence-corrected chi connectivity index (χ1v) is 11.6. The van der Waals surface area contributed by atoms with Gasteiger partial charge in [-0.3, -0.25) is 14.2 Å². The Hall–Kier alpha value is -3.92. The first-order chi connectivity index (χ1) is 16.5. The molecular weight excluding hydrogens is 454 g/mol. The fraction of sp³-hybridized carbons (Fsp3) is 0.208. The normalized spacial score (nSPS) is 14.7. The SMILES string of the molecule is COC(=O)c1ccccc1NC(=O)CC1CSc2nc3c(cnn3-c3ccc(C)cc3)c(=O)n21. The number of amides is 1. The molecule has 172 valence electrons. The van der Waals surface area contributed by atoms with Crippen LogP contribution in [0, 0.1) is 6.92 Å². The van der Waals surface area contributed by atoms with E-state index in [0.717, 1.165) is 11.3 Å². The van der Waals surface area contributed by atoms with E-state index in [0.29, 0.717) is 27.6 Å². The molecule has 1 N–H and O–H groups in total. The van der Waals surface area contributed by atoms with Crippen molar-refractivity contribution in [2.24, 2.45) is 0 Å². The van der Waals surface area contributed by atoms with E-state index in [9.17, 15) is 14.4 Å². The summed E-state index contributed by atoms with van der Waals surface area (Å²) in [7, 11) is 1.29. The van der Waals surface area contributed by atoms with Gasteiger partial charge in [0, 0.05) is 12.2 Å². The second-order valence-electron chi connectivity index (χ2n) is 7.95. The minimum Gasteiger partial charge on any atom is -0.465 e. The number of fused-ring (bicyclic) bond motifs is 2. The van der Waals surface area contributed by atoms with Crippen molar-refractivity contribution in [3.8, 4) is 5.69 Å². The van der Waals surface area contributed by atoms with Gasteiger partial charge in [0.05, 0.1) is 36.3 Å². The maximum atomic E-state index is 13.3. The fourth-order valence-corrected chi connectivity index (χ4v) is 5.08. The monoisotopic (exact) mass is 475 g/mol. The molecule has 34 heavy (non-hydrogen) atoms. The molecule has 0 saturated heterocycles. The Balaban J connectivity index is 1.42. The third kappa shape index (κ3) is 3.86. The van der Waals surface area contributed by atoms with Crippen molar-refractivity contribution in [3.05, 3.63) is 76.2 Å². The summed E-state index contributed by atoms with van der Waals surface area (Å²) in [5.74, 6) is -0.304. The number of para-hydroxylation sites is 1. The number of aromatic nitrogens is 4. The zero-order valence-corrected chi connectivity index (χ0v) is 19.3. The number of carbonyl (C=O) groups excluding carboxylic acids is 2. The minimum atomic E-state index is -0.536. The maximum absolute atomic E-state index is 13.3. The van der Waals surface area contributed by atoms with Crippen molar-refractivity contribution in [3.63, 3.8) is 0 Å². The highest BCUT2D eigenvalue weighted by atomic mass is 32.2. The van der Waals surface area contributed by atoms with Crippen LogP contribution in [0.15, 0.2) is 64.7 Å². The zero-order valence-electron chi connectivity index (χ0n) is 18.5. The van der Waals surface area contributed by atoms with Crippen molar-refractivity contribution in [1.82, 2.24) is 19.3 Å². The number of nitrogens with zero attached hydrogens (tertiary/aromatic N) is 4. The molecule has 4 aromatic rings. The number of hydrogen-bond acceptors (Lipinski definition) is 7. The van der Waals surface area contributed by atoms with Crippen LogP contribution in [0.1, 0.15) is 28.4 Å². The van der Waals surface area contributed by atoms with Gasteiger partial charge in [-0.15, -0.1) is 0 Å². The first-order valence-electron chi connectivity index (χ1n) is 10.6. The van der Waals surface area contributed by atoms with Crippen LogP contribution in [-0.2, 0) is 9.53 Å². The second-order valence-corrected chi connectivity index (χ2v) is 8.94. The smallest absolute Gasteiger partial charge is 0.339 e. The van der Waals surface area contributed by atoms with Crippen molar-refractivity contribution in [1.29, 1.82) is 0 Å². The topological polar surface area (TPSA) is 108 Å². The molecule has 0 saturated carbocycles. The first kappa shape index (κ1) is 21.9. The number of anilines is 1. The van der Waals surface area contributed by atoms with Crippen LogP contribution in [0.3, 0.4) is 0 Å². The Morgan fingerprint density at radius 1 is 1.18 bits per heavy atom. The standard InChI is InChI=1S/C24H21N5O4S/c1-14-7-9-15(10-8-14)29-21-18(12-25-29)22(31)28-16(13-34-24(28)27-21)11-20(30)26-19-6-4-3-5-17(19)23(32)33-2/h3-10,12,16H,11,13H2,1-2H3,(H,26,30). The lowest BCUT2D eigenvalue weighted by Gasteiger charge is -2.14. The van der Waals surface area contributed by atoms with Gasteiger partial charge in [0.1, 0.15) is 5.39 Å². The molecule has 2 aromatic heterocycles. The number of carbonyl (C=O) groups is 2. The van der Waals surface area contributed by atoms with E-state index in [2.05, 4.69) is 10.4 Å². The predicted octanol–water partition coefficient (Wildman–Crippen LogP) is 3.35. The number of benzene rings is 2. The number of aryl methyl sites for hydroxylation is 1. The molecule has 0 fully saturated rings. The molecule has 0 radical (unpaired) electrons. The highest BCUT2D eigenvalue weighted by Crippen LogP contribution is 2.33. The van der Waals surface area contributed by atoms with Gasteiger partial charge in [-0.2, -0.15) is 5.10 Å². The average molecular weight is 476 g/mol. The highest BCUT2D eigenvalue weighted by Gasteiger charge is 2.30. The Kier molecular flexibility index (Phi) is 5.66. The van der Waals surface area contributed by atoms with E-state index in [1.165, 1.54) is 25.1 Å². The van der Waals surface area contributed by atoms with Crippen LogP contribution in [0.2, 0.25) is 0 Å². The molecule has 1 atom stereocenters. The van der Waals surface area contributed by atoms with Crippen LogP contribution >= 0.6 is 11.8 Å². The minimum absolute atomic E-state index is 0.0642. The molecule has 10 heteroatoms. The van der Waals surface area contributed by atoms with E-state index in [-0.39, 0.29) is 29.5 Å². The van der Waals surface area contributed by atoms with Crippen molar-refractivity contribution < 1.29 is 14.3 Å². The van der Waals surface area contributed by atoms with Crippen LogP contribution in [0.25, 0.3) is 16.7 Å². The summed E-state index contributed by atoms with van der Waals surface area (Å²) in [4.78, 5) is 42.8. The largest absolute Gasteiger partial charge is 0.465 e. The lowest BCUT2D eigenvalue weighted by molar-refractivity contribution is -0.116. The number of thioether (sulfide) groups is 1. The van der Waals surface area contributed by atoms with Gasteiger partial charge in [-0.1, -0.05) is 41.6 Å². The third-order valence-electron chi connectivity index (χ3n) is 5.68. The van der Waals surface area contributed by atoms with E-state index >= 15 is 0 Å². The number of nitrogens with one attached hydrogen (secondary N) is 1. The number of hydrogen-bond donors (Lipinski definition) is 1. The van der Waals surface area contributed by atoms with Gasteiger partial charge >= 0.3 is 5.97 Å². The number of ether oxygens (including phenoxy) is 1. The van der Waals surface area contributed by atoms with Gasteiger partial charge in [-0.25, -0.2) is 14.5 Å². The Morgan fingerprint density at radius 3 is 2.71 bits per heavy atom. The number of methoxy groups -OCH3 is 1. The molecule has 3 heterocycles. The summed E-state index contributed by atoms with van der Waals surface area (Å²) in [5.41, 5.74) is 2.84. The summed E-state index contributed by atoms with van der Waals surface area (Å²) < 4.78 is 8.00. The molecule has 2 aromatic carbocycles. The molecule has 1 aliphatic heterocycles. The van der Waals surface area contributed by atoms with E-state index < -0.39 is 5.97 Å². The molecule has 9 nitrogen and oxygen atoms in total. The second kappa shape index (κ2) is 8.79. The van der Waals surface area contributed by atoms with E-state index in [4.69, 9.17) is 9.72 Å². The van der Waals surface area contributed by atoms with Gasteiger partial charge in [0.15, 0.2) is 10.8 Å². The predicted molar refractivity (Wildman–Crippen MR) is 129 cm³/mol. The highest BCUT2D eigenvalue weighted by molar-refractivity contribution is 7.99. The summed E-state index contributed by atoms with van der Waals surface area (Å²) in [5, 5.41) is 8.10. The summed E-state index contributed by atoms with van der Waals surface area (Å²) in [6.07, 6.45) is 1.58. The fourth-order valence-electron chi connectivity index (χ4n) is 3.95. The lowest BCUT2D eigenvalue weighted by atomic mass is 10.1. The average Bonchev–Trinajstić information content (AvgIpc) is 3.44. The molecule has 1 aliphatic rings. The van der Waals surface area contributed by atoms with Crippen LogP contribution < -0.4 is 10.9 Å². The summed E-state index contributed by atoms with van der Waals surface area (Å²) in [6, 6.07) is 14.1. The van der Waals surface area contributed by atoms with Gasteiger partial charge in [0.2, 0.25) is 5.91 Å². The van der Waals surface area contributed by atoms with Crippen molar-refractivity contribution in [2.45, 2.75) is 24.5 Å². The molecule has 0 aliphatic carbocycles. The van der Waals surface area contributed by atoms with Crippen LogP contribution in [-0.4, -0.2) is 44.1 Å². The maximum Gasteiger partial charge on any atom is 0.339 e. The lowest BCUT2D eigenvalue weighted by Crippen LogP contribution is -2.28. The van der Waals surface area contributed by atoms with Crippen molar-refractivity contribution in [2.75, 3.05) is 18.2 Å². The Morgan fingerprint density at radius 2 is 1.94 bits per heavy atom. The molecule has 1 amide bonds. The number of esters is 1. The van der Waals surface area contributed by atoms with Crippen molar-refractivity contribution >= 4 is 40.4 Å². The number of rotatable bonds is 5. The van der Waals surface area contributed by atoms with Gasteiger partial charge in [0.25, 0.3) is 5.56 Å². The van der Waals surface area contributed by atoms with E-state index in [1.807, 2.05) is 31.2 Å². The van der Waals surface area contributed by atoms with Crippen LogP contribution in [0.4, 0.5) is 5.69 Å². The zero-order chi connectivity index (χ0) is 23.8. The van der Waals surface area contributed by atoms with E-state index in [1.54, 1.807) is 33.5 Å². The Bertz CT molecular complexity index is 1480. The molecule has 5 rings (SSSR count). The Labute approximate surface area is 198 Å². The van der Waals surface area contributed by atoms with Gasteiger partial charge in [-0.05, 0) is 31.2 Å². The molecular formula is C24H21N5O4S. The third-order valence-corrected chi connectivity index (χ3v) is 6.77. The summed E-state index contributed by atoms with van der Waals surface area (Å²) >= 11 is 1.43. The van der Waals surface area contributed by atoms with Gasteiger partial charge < -0.3 is 10.1 Å².